The van der Waals surface area contributed by atoms with Crippen LogP contribution in [0.4, 0.5) is 4.79 Å². The van der Waals surface area contributed by atoms with E-state index in [4.69, 9.17) is 0 Å². The van der Waals surface area contributed by atoms with Crippen molar-refractivity contribution in [3.63, 3.8) is 0 Å². The minimum absolute atomic E-state index is 0.0621. The molecule has 0 aliphatic carbocycles. The van der Waals surface area contributed by atoms with Crippen molar-refractivity contribution in [3.8, 4) is 0 Å². The number of imidazole rings is 1. The lowest BCUT2D eigenvalue weighted by molar-refractivity contribution is -0.140. The summed E-state index contributed by atoms with van der Waals surface area (Å²) in [5, 5.41) is 2.86. The molecule has 7 heteroatoms. The average molecular weight is 344 g/mol. The average Bonchev–Trinajstić information content (AvgIpc) is 3.09. The molecule has 1 aromatic heterocycles. The number of benzene rings is 1. The number of fused-ring (bicyclic) bond motifs is 1. The van der Waals surface area contributed by atoms with Gasteiger partial charge >= 0.3 is 12.0 Å². The van der Waals surface area contributed by atoms with Gasteiger partial charge in [-0.2, -0.15) is 0 Å². The number of rotatable bonds is 5. The molecule has 0 bridgehead atoms. The number of likely N-dealkylation sites (tertiary alicyclic amines) is 1. The number of urea groups is 1. The number of amides is 2. The Morgan fingerprint density at radius 3 is 2.80 bits per heavy atom. The van der Waals surface area contributed by atoms with Gasteiger partial charge in [-0.3, -0.25) is 4.79 Å². The third-order valence-corrected chi connectivity index (χ3v) is 4.64. The normalized spacial score (nSPS) is 15.3. The van der Waals surface area contributed by atoms with Crippen LogP contribution in [-0.4, -0.2) is 53.6 Å². The standard InChI is InChI=1S/C18H24N4O3/c1-25-16(23)7-4-10-19-18(24)22-11-8-13(9-12-22)17-20-14-5-2-3-6-15(14)21-17/h2-3,5-6,13H,4,7-12H2,1H3,(H,19,24)(H,20,21). The van der Waals surface area contributed by atoms with Crippen LogP contribution < -0.4 is 5.32 Å². The Labute approximate surface area is 146 Å². The van der Waals surface area contributed by atoms with Crippen LogP contribution in [0.5, 0.6) is 0 Å². The minimum Gasteiger partial charge on any atom is -0.469 e. The number of aromatic amines is 1. The van der Waals surface area contributed by atoms with Crippen molar-refractivity contribution in [2.24, 2.45) is 0 Å². The number of carbonyl (C=O) groups excluding carboxylic acids is 2. The fraction of sp³-hybridized carbons (Fsp3) is 0.500. The number of methoxy groups -OCH3 is 1. The summed E-state index contributed by atoms with van der Waals surface area (Å²) in [6.45, 7) is 1.91. The Bertz CT molecular complexity index is 702. The summed E-state index contributed by atoms with van der Waals surface area (Å²) in [4.78, 5) is 33.1. The Hall–Kier alpha value is -2.57. The number of piperidine rings is 1. The first-order valence-electron chi connectivity index (χ1n) is 8.71. The number of hydrogen-bond acceptors (Lipinski definition) is 4. The van der Waals surface area contributed by atoms with Crippen molar-refractivity contribution in [3.05, 3.63) is 30.1 Å². The molecule has 0 radical (unpaired) electrons. The van der Waals surface area contributed by atoms with E-state index >= 15 is 0 Å². The molecule has 0 saturated carbocycles. The van der Waals surface area contributed by atoms with Gasteiger partial charge in [0.25, 0.3) is 0 Å². The largest absolute Gasteiger partial charge is 0.469 e. The number of esters is 1. The number of ether oxygens (including phenoxy) is 1. The van der Waals surface area contributed by atoms with Crippen LogP contribution in [0.3, 0.4) is 0 Å². The van der Waals surface area contributed by atoms with E-state index in [1.54, 1.807) is 0 Å². The van der Waals surface area contributed by atoms with Crippen LogP contribution in [0.25, 0.3) is 11.0 Å². The Balaban J connectivity index is 1.45. The van der Waals surface area contributed by atoms with Crippen LogP contribution in [0, 0.1) is 0 Å². The maximum atomic E-state index is 12.2. The van der Waals surface area contributed by atoms with E-state index in [2.05, 4.69) is 20.0 Å². The van der Waals surface area contributed by atoms with E-state index < -0.39 is 0 Å². The number of para-hydroxylation sites is 2. The molecule has 2 amide bonds. The molecular weight excluding hydrogens is 320 g/mol. The van der Waals surface area contributed by atoms with E-state index in [0.717, 1.165) is 29.7 Å². The number of nitrogens with zero attached hydrogens (tertiary/aromatic N) is 2. The molecule has 0 spiro atoms. The maximum absolute atomic E-state index is 12.2. The molecular formula is C18H24N4O3. The van der Waals surface area contributed by atoms with Crippen LogP contribution >= 0.6 is 0 Å². The second kappa shape index (κ2) is 8.00. The highest BCUT2D eigenvalue weighted by atomic mass is 16.5. The van der Waals surface area contributed by atoms with Gasteiger partial charge in [0.1, 0.15) is 5.82 Å². The molecule has 25 heavy (non-hydrogen) atoms. The molecule has 1 saturated heterocycles. The number of carbonyl (C=O) groups is 2. The lowest BCUT2D eigenvalue weighted by Gasteiger charge is -2.31. The molecule has 7 nitrogen and oxygen atoms in total. The summed E-state index contributed by atoms with van der Waals surface area (Å²) in [6.07, 6.45) is 2.71. The predicted octanol–water partition coefficient (Wildman–Crippen LogP) is 2.41. The van der Waals surface area contributed by atoms with E-state index in [1.807, 2.05) is 29.2 Å². The number of H-pyrrole nitrogens is 1. The molecule has 0 atom stereocenters. The van der Waals surface area contributed by atoms with Crippen molar-refractivity contribution >= 4 is 23.0 Å². The maximum Gasteiger partial charge on any atom is 0.317 e. The van der Waals surface area contributed by atoms with E-state index in [9.17, 15) is 9.59 Å². The van der Waals surface area contributed by atoms with E-state index in [0.29, 0.717) is 38.4 Å². The van der Waals surface area contributed by atoms with Crippen molar-refractivity contribution < 1.29 is 14.3 Å². The molecule has 2 N–H and O–H groups in total. The first kappa shape index (κ1) is 17.3. The highest BCUT2D eigenvalue weighted by Crippen LogP contribution is 2.27. The quantitative estimate of drug-likeness (QED) is 0.644. The third kappa shape index (κ3) is 4.29. The Kier molecular flexibility index (Phi) is 5.53. The zero-order valence-electron chi connectivity index (χ0n) is 14.5. The van der Waals surface area contributed by atoms with Crippen LogP contribution in [0.2, 0.25) is 0 Å². The van der Waals surface area contributed by atoms with Gasteiger partial charge in [-0.1, -0.05) is 12.1 Å². The zero-order valence-corrected chi connectivity index (χ0v) is 14.5. The lowest BCUT2D eigenvalue weighted by Crippen LogP contribution is -2.44. The van der Waals surface area contributed by atoms with E-state index in [1.165, 1.54) is 7.11 Å². The summed E-state index contributed by atoms with van der Waals surface area (Å²) in [5.74, 6) is 1.12. The fourth-order valence-corrected chi connectivity index (χ4v) is 3.16. The van der Waals surface area contributed by atoms with Crippen molar-refractivity contribution in [2.45, 2.75) is 31.6 Å². The van der Waals surface area contributed by atoms with Gasteiger partial charge in [0, 0.05) is 32.0 Å². The highest BCUT2D eigenvalue weighted by Gasteiger charge is 2.25. The molecule has 1 aliphatic heterocycles. The molecule has 1 fully saturated rings. The van der Waals surface area contributed by atoms with Crippen LogP contribution in [0.1, 0.15) is 37.4 Å². The Morgan fingerprint density at radius 2 is 2.08 bits per heavy atom. The number of aromatic nitrogens is 2. The minimum atomic E-state index is -0.249. The fourth-order valence-electron chi connectivity index (χ4n) is 3.16. The monoisotopic (exact) mass is 344 g/mol. The molecule has 1 aliphatic rings. The van der Waals surface area contributed by atoms with Crippen molar-refractivity contribution in [1.29, 1.82) is 0 Å². The highest BCUT2D eigenvalue weighted by molar-refractivity contribution is 5.75. The first-order chi connectivity index (χ1) is 12.2. The second-order valence-corrected chi connectivity index (χ2v) is 6.31. The molecule has 134 valence electrons. The third-order valence-electron chi connectivity index (χ3n) is 4.64. The zero-order chi connectivity index (χ0) is 17.6. The van der Waals surface area contributed by atoms with Gasteiger partial charge in [0.2, 0.25) is 0 Å². The van der Waals surface area contributed by atoms with Crippen molar-refractivity contribution in [2.75, 3.05) is 26.7 Å². The topological polar surface area (TPSA) is 87.3 Å². The first-order valence-corrected chi connectivity index (χ1v) is 8.71. The van der Waals surface area contributed by atoms with Gasteiger partial charge in [-0.15, -0.1) is 0 Å². The number of hydrogen-bond donors (Lipinski definition) is 2. The van der Waals surface area contributed by atoms with Gasteiger partial charge in [-0.25, -0.2) is 9.78 Å². The van der Waals surface area contributed by atoms with Crippen LogP contribution in [-0.2, 0) is 9.53 Å². The molecule has 2 heterocycles. The van der Waals surface area contributed by atoms with Crippen molar-refractivity contribution in [1.82, 2.24) is 20.2 Å². The number of nitrogens with one attached hydrogen (secondary N) is 2. The lowest BCUT2D eigenvalue weighted by atomic mass is 9.96. The summed E-state index contributed by atoms with van der Waals surface area (Å²) < 4.78 is 4.58. The smallest absolute Gasteiger partial charge is 0.317 e. The summed E-state index contributed by atoms with van der Waals surface area (Å²) in [6, 6.07) is 7.96. The van der Waals surface area contributed by atoms with Crippen LogP contribution in [0.15, 0.2) is 24.3 Å². The summed E-state index contributed by atoms with van der Waals surface area (Å²) >= 11 is 0. The molecule has 1 aromatic carbocycles. The van der Waals surface area contributed by atoms with Gasteiger partial charge in [0.05, 0.1) is 18.1 Å². The second-order valence-electron chi connectivity index (χ2n) is 6.31. The summed E-state index contributed by atoms with van der Waals surface area (Å²) in [7, 11) is 1.37. The SMILES string of the molecule is COC(=O)CCCNC(=O)N1CCC(c2nc3ccccc3[nH]2)CC1. The van der Waals surface area contributed by atoms with Gasteiger partial charge in [0.15, 0.2) is 0 Å². The molecule has 2 aromatic rings. The van der Waals surface area contributed by atoms with Gasteiger partial charge < -0.3 is 19.9 Å². The predicted molar refractivity (Wildman–Crippen MR) is 94.3 cm³/mol. The van der Waals surface area contributed by atoms with E-state index in [-0.39, 0.29) is 12.0 Å². The van der Waals surface area contributed by atoms with Gasteiger partial charge in [-0.05, 0) is 31.4 Å². The summed E-state index contributed by atoms with van der Waals surface area (Å²) in [5.41, 5.74) is 2.05. The molecule has 3 rings (SSSR count). The Morgan fingerprint density at radius 1 is 1.32 bits per heavy atom. The molecule has 0 unspecified atom stereocenters.